The van der Waals surface area contributed by atoms with Crippen LogP contribution >= 0.6 is 0 Å². The molecule has 0 radical (unpaired) electrons. The monoisotopic (exact) mass is 1140 g/mol. The van der Waals surface area contributed by atoms with Gasteiger partial charge in [-0.1, -0.05) is 48.5 Å². The Morgan fingerprint density at radius 1 is 0.408 bits per heavy atom. The van der Waals surface area contributed by atoms with Gasteiger partial charge < -0.3 is 59.1 Å². The minimum Gasteiger partial charge on any atom is -0.481 e. The largest absolute Gasteiger partial charge is 0.481 e. The van der Waals surface area contributed by atoms with E-state index in [0.29, 0.717) is 25.9 Å². The van der Waals surface area contributed by atoms with Crippen LogP contribution in [0, 0.1) is 29.6 Å². The number of rotatable bonds is 27. The van der Waals surface area contributed by atoms with Gasteiger partial charge in [0, 0.05) is 6.67 Å². The van der Waals surface area contributed by atoms with E-state index >= 15 is 0 Å². The molecule has 0 aliphatic rings. The maximum atomic E-state index is 11.3. The standard InChI is InChI=1S/2C7H16N2O4S.2C6H14N2O4S.C5H10O5S.C2H8N2.C2H6/c2*1-3-6(4-14(11,12)13)7(10)9-5-8-2;1-5(3-13(10,11)12)6(9)8-4-7-2;1-2-5(3-13(10,11)12)6(9)8-4-7;1-2-4(5(6)7)3-11(8,9)10;1-4-2-3;1-2/h2*6,8H,3-5H2,1-2H3,(H,9,10)(H,11,12,13);5,7H,3-4H2,1-2H3,(H,8,9)(H,10,11,12);5H,2-4,7H2,1H3,(H,8,9)(H,10,11,12);4H,2-3H2,1H3,(H,6,7)(H,8,9,10);4H,2-3H2,1H3;1-2H3. The summed E-state index contributed by atoms with van der Waals surface area (Å²) in [4.78, 5) is 54.9. The van der Waals surface area contributed by atoms with E-state index in [2.05, 4.69) is 42.5 Å². The summed E-state index contributed by atoms with van der Waals surface area (Å²) in [5.74, 6) is -9.59. The fourth-order valence-corrected chi connectivity index (χ4v) is 8.50. The van der Waals surface area contributed by atoms with Crippen molar-refractivity contribution in [2.45, 2.75) is 74.1 Å². The molecule has 0 aliphatic heterocycles. The molecule has 0 aromatic carbocycles. The molecule has 4 amide bonds. The van der Waals surface area contributed by atoms with Crippen LogP contribution in [-0.2, 0) is 74.6 Å². The van der Waals surface area contributed by atoms with Crippen LogP contribution in [-0.4, -0.2) is 190 Å². The molecular formula is C35H84N10O21S5. The van der Waals surface area contributed by atoms with Gasteiger partial charge >= 0.3 is 5.97 Å². The van der Waals surface area contributed by atoms with Crippen LogP contribution in [0.4, 0.5) is 0 Å². The summed E-state index contributed by atoms with van der Waals surface area (Å²) < 4.78 is 147. The first kappa shape index (κ1) is 81.7. The van der Waals surface area contributed by atoms with Gasteiger partial charge in [-0.15, -0.1) is 0 Å². The summed E-state index contributed by atoms with van der Waals surface area (Å²) in [6.45, 7) is 13.4. The molecule has 0 fully saturated rings. The summed E-state index contributed by atoms with van der Waals surface area (Å²) in [5, 5.41) is 28.8. The van der Waals surface area contributed by atoms with Crippen molar-refractivity contribution in [2.24, 2.45) is 41.1 Å². The van der Waals surface area contributed by atoms with E-state index in [9.17, 15) is 66.1 Å². The number of carboxylic acid groups (broad SMARTS) is 1. The first-order chi connectivity index (χ1) is 32.4. The van der Waals surface area contributed by atoms with Crippen LogP contribution in [0.1, 0.15) is 74.1 Å². The predicted molar refractivity (Wildman–Crippen MR) is 267 cm³/mol. The Morgan fingerprint density at radius 2 is 0.634 bits per heavy atom. The molecule has 0 saturated heterocycles. The molecule has 0 spiro atoms. The molecule has 71 heavy (non-hydrogen) atoms. The van der Waals surface area contributed by atoms with Crippen LogP contribution in [0.2, 0.25) is 0 Å². The van der Waals surface area contributed by atoms with Gasteiger partial charge in [0.05, 0.1) is 85.0 Å². The van der Waals surface area contributed by atoms with Gasteiger partial charge in [0.1, 0.15) is 0 Å². The van der Waals surface area contributed by atoms with E-state index in [-0.39, 0.29) is 44.9 Å². The van der Waals surface area contributed by atoms with Crippen molar-refractivity contribution in [3.63, 3.8) is 0 Å². The second-order valence-electron chi connectivity index (χ2n) is 13.9. The van der Waals surface area contributed by atoms with Crippen molar-refractivity contribution >= 4 is 80.2 Å². The van der Waals surface area contributed by atoms with Crippen LogP contribution in [0.25, 0.3) is 0 Å². The number of carbonyl (C=O) groups excluding carboxylic acids is 4. The highest BCUT2D eigenvalue weighted by Gasteiger charge is 2.25. The molecule has 0 aromatic heterocycles. The Morgan fingerprint density at radius 3 is 0.803 bits per heavy atom. The predicted octanol–water partition coefficient (Wildman–Crippen LogP) is -3.74. The molecule has 0 heterocycles. The van der Waals surface area contributed by atoms with Gasteiger partial charge in [0.2, 0.25) is 23.6 Å². The van der Waals surface area contributed by atoms with E-state index < -0.39 is 127 Å². The topological polar surface area (TPSA) is 526 Å². The highest BCUT2D eigenvalue weighted by atomic mass is 32.2. The van der Waals surface area contributed by atoms with Crippen LogP contribution < -0.4 is 54.0 Å². The molecule has 18 N–H and O–H groups in total. The molecule has 0 saturated carbocycles. The lowest BCUT2D eigenvalue weighted by molar-refractivity contribution is -0.141. The zero-order valence-electron chi connectivity index (χ0n) is 42.3. The number of carbonyl (C=O) groups is 5. The lowest BCUT2D eigenvalue weighted by atomic mass is 10.1. The van der Waals surface area contributed by atoms with Crippen molar-refractivity contribution in [3.8, 4) is 0 Å². The summed E-state index contributed by atoms with van der Waals surface area (Å²) in [5.41, 5.74) is 9.96. The first-order valence-electron chi connectivity index (χ1n) is 21.4. The van der Waals surface area contributed by atoms with Gasteiger partial charge in [-0.05, 0) is 53.9 Å². The molecular weight excluding hydrogens is 1060 g/mol. The Labute approximate surface area is 420 Å². The lowest BCUT2D eigenvalue weighted by Crippen LogP contribution is -2.38. The molecule has 0 rings (SSSR count). The van der Waals surface area contributed by atoms with Gasteiger partial charge in [-0.25, -0.2) is 0 Å². The third-order valence-electron chi connectivity index (χ3n) is 7.79. The fourth-order valence-electron chi connectivity index (χ4n) is 4.14. The number of nitrogens with two attached hydrogens (primary N) is 2. The van der Waals surface area contributed by atoms with Crippen LogP contribution in [0.15, 0.2) is 0 Å². The Kier molecular flexibility index (Phi) is 53.5. The molecule has 0 bridgehead atoms. The SMILES string of the molecule is CC.CCC(CS(=O)(=O)O)C(=O)NCN.CCC(CS(=O)(=O)O)C(=O)NCNC.CCC(CS(=O)(=O)O)C(=O)NCNC.CCC(CS(=O)(=O)O)C(=O)O.CNCN.CNCNC(=O)C(C)CS(=O)(=O)O. The Balaban J connectivity index is -0.000000140. The smallest absolute Gasteiger partial charge is 0.307 e. The number of aliphatic carboxylic acids is 1. The molecule has 31 nitrogen and oxygen atoms in total. The third-order valence-corrected chi connectivity index (χ3v) is 12.0. The number of hydrogen-bond acceptors (Lipinski definition) is 21. The quantitative estimate of drug-likeness (QED) is 0.0278. The maximum Gasteiger partial charge on any atom is 0.307 e. The van der Waals surface area contributed by atoms with Crippen molar-refractivity contribution in [1.82, 2.24) is 42.5 Å². The van der Waals surface area contributed by atoms with E-state index in [1.807, 2.05) is 13.8 Å². The number of amides is 4. The molecule has 36 heteroatoms. The van der Waals surface area contributed by atoms with E-state index in [4.69, 9.17) is 39.3 Å². The Bertz CT molecular complexity index is 1940. The average molecular weight is 1140 g/mol. The fraction of sp³-hybridized carbons (Fsp3) is 0.857. The number of nitrogens with one attached hydrogen (secondary N) is 8. The van der Waals surface area contributed by atoms with Crippen molar-refractivity contribution < 1.29 is 93.9 Å². The molecule has 0 aliphatic carbocycles. The minimum atomic E-state index is -4.16. The van der Waals surface area contributed by atoms with Gasteiger partial charge in [0.25, 0.3) is 50.6 Å². The zero-order chi connectivity index (χ0) is 57.8. The molecule has 430 valence electrons. The van der Waals surface area contributed by atoms with E-state index in [1.165, 1.54) is 6.92 Å². The van der Waals surface area contributed by atoms with Crippen LogP contribution in [0.5, 0.6) is 0 Å². The minimum absolute atomic E-state index is 0.0409. The molecule has 0 aromatic rings. The van der Waals surface area contributed by atoms with Crippen molar-refractivity contribution in [3.05, 3.63) is 0 Å². The van der Waals surface area contributed by atoms with Crippen molar-refractivity contribution in [1.29, 1.82) is 0 Å². The number of hydrogen-bond donors (Lipinski definition) is 16. The second-order valence-corrected chi connectivity index (χ2v) is 21.4. The zero-order valence-corrected chi connectivity index (χ0v) is 46.4. The van der Waals surface area contributed by atoms with Crippen LogP contribution in [0.3, 0.4) is 0 Å². The summed E-state index contributed by atoms with van der Waals surface area (Å²) in [6.07, 6.45) is 1.27. The van der Waals surface area contributed by atoms with Crippen molar-refractivity contribution in [2.75, 3.05) is 90.3 Å². The third kappa shape index (κ3) is 64.6. The second kappa shape index (κ2) is 46.4. The molecule has 5 atom stereocenters. The van der Waals surface area contributed by atoms with E-state index in [1.54, 1.807) is 55.9 Å². The Hall–Kier alpha value is -3.34. The van der Waals surface area contributed by atoms with Gasteiger partial charge in [0.15, 0.2) is 0 Å². The van der Waals surface area contributed by atoms with Gasteiger partial charge in [-0.3, -0.25) is 46.7 Å². The van der Waals surface area contributed by atoms with Gasteiger partial charge in [-0.2, -0.15) is 42.1 Å². The highest BCUT2D eigenvalue weighted by molar-refractivity contribution is 7.86. The summed E-state index contributed by atoms with van der Waals surface area (Å²) >= 11 is 0. The molecule has 5 unspecified atom stereocenters. The average Bonchev–Trinajstić information content (AvgIpc) is 3.25. The lowest BCUT2D eigenvalue weighted by Gasteiger charge is -2.12. The first-order valence-corrected chi connectivity index (χ1v) is 29.5. The maximum absolute atomic E-state index is 11.3. The summed E-state index contributed by atoms with van der Waals surface area (Å²) in [7, 11) is -13.7. The number of carboxylic acids is 1. The normalized spacial score (nSPS) is 13.2. The van der Waals surface area contributed by atoms with E-state index in [0.717, 1.165) is 0 Å². The highest BCUT2D eigenvalue weighted by Crippen LogP contribution is 2.08. The summed E-state index contributed by atoms with van der Waals surface area (Å²) in [6, 6.07) is 0.